The Kier molecular flexibility index (Phi) is 3.82. The monoisotopic (exact) mass is 322 g/mol. The molecule has 1 N–H and O–H groups in total. The number of hydrogen-bond acceptors (Lipinski definition) is 5. The molecule has 7 heteroatoms. The topological polar surface area (TPSA) is 75.4 Å². The van der Waals surface area contributed by atoms with E-state index < -0.39 is 0 Å². The molecule has 0 aliphatic carbocycles. The zero-order chi connectivity index (χ0) is 16.4. The second-order valence-corrected chi connectivity index (χ2v) is 5.97. The molecular weight excluding hydrogens is 304 g/mol. The number of anilines is 1. The Morgan fingerprint density at radius 2 is 2.17 bits per heavy atom. The number of fused-ring (bicyclic) bond motifs is 1. The average molecular weight is 322 g/mol. The summed E-state index contributed by atoms with van der Waals surface area (Å²) in [6.07, 6.45) is 6.52. The Morgan fingerprint density at radius 3 is 3.04 bits per heavy atom. The molecule has 2 aromatic heterocycles. The summed E-state index contributed by atoms with van der Waals surface area (Å²) in [5.74, 6) is 0.872. The minimum absolute atomic E-state index is 0.166. The smallest absolute Gasteiger partial charge is 0.227 e. The van der Waals surface area contributed by atoms with Gasteiger partial charge in [0.25, 0.3) is 0 Å². The molecular formula is C17H18N6O. The van der Waals surface area contributed by atoms with Crippen molar-refractivity contribution in [2.45, 2.75) is 18.9 Å². The molecule has 1 aliphatic rings. The van der Waals surface area contributed by atoms with Gasteiger partial charge in [0.1, 0.15) is 6.33 Å². The molecule has 4 rings (SSSR count). The molecule has 0 saturated carbocycles. The Morgan fingerprint density at radius 1 is 1.29 bits per heavy atom. The third-order valence-electron chi connectivity index (χ3n) is 4.30. The van der Waals surface area contributed by atoms with Crippen molar-refractivity contribution in [2.75, 3.05) is 18.4 Å². The molecule has 3 aromatic rings. The van der Waals surface area contributed by atoms with Crippen molar-refractivity contribution in [2.24, 2.45) is 0 Å². The maximum absolute atomic E-state index is 12.4. The van der Waals surface area contributed by atoms with Gasteiger partial charge in [-0.15, -0.1) is 10.2 Å². The molecule has 0 bridgehead atoms. The van der Waals surface area contributed by atoms with Crippen molar-refractivity contribution in [3.05, 3.63) is 54.6 Å². The van der Waals surface area contributed by atoms with E-state index in [1.807, 2.05) is 45.8 Å². The summed E-state index contributed by atoms with van der Waals surface area (Å²) in [5.41, 5.74) is 1.75. The molecule has 1 saturated heterocycles. The largest absolute Gasteiger partial charge is 0.362 e. The first-order valence-corrected chi connectivity index (χ1v) is 8.02. The maximum Gasteiger partial charge on any atom is 0.227 e. The lowest BCUT2D eigenvalue weighted by Crippen LogP contribution is -2.32. The Hall–Kier alpha value is -2.96. The Labute approximate surface area is 139 Å². The van der Waals surface area contributed by atoms with Gasteiger partial charge in [-0.3, -0.25) is 9.20 Å². The molecule has 122 valence electrons. The lowest BCUT2D eigenvalue weighted by molar-refractivity contribution is -0.129. The fourth-order valence-electron chi connectivity index (χ4n) is 3.04. The number of carbonyl (C=O) groups is 1. The van der Waals surface area contributed by atoms with Crippen LogP contribution in [0.4, 0.5) is 5.82 Å². The zero-order valence-electron chi connectivity index (χ0n) is 13.2. The number of likely N-dealkylation sites (tertiary alicyclic amines) is 1. The minimum Gasteiger partial charge on any atom is -0.362 e. The standard InChI is InChI=1S/C17H18N6O/c24-15(10-13-4-2-1-3-5-13)22-8-6-14(11-22)20-16-17-21-19-12-23(17)9-7-18-16/h1-5,7,9,12,14H,6,8,10-11H2,(H,18,20). The van der Waals surface area contributed by atoms with Crippen LogP contribution in [0.15, 0.2) is 49.1 Å². The van der Waals surface area contributed by atoms with Crippen LogP contribution in [-0.2, 0) is 11.2 Å². The van der Waals surface area contributed by atoms with Gasteiger partial charge in [-0.25, -0.2) is 4.98 Å². The Balaban J connectivity index is 1.39. The first-order valence-electron chi connectivity index (χ1n) is 8.02. The van der Waals surface area contributed by atoms with Gasteiger partial charge in [0.2, 0.25) is 11.6 Å². The molecule has 1 aromatic carbocycles. The fourth-order valence-corrected chi connectivity index (χ4v) is 3.04. The van der Waals surface area contributed by atoms with Crippen LogP contribution in [0.5, 0.6) is 0 Å². The lowest BCUT2D eigenvalue weighted by Gasteiger charge is -2.17. The second kappa shape index (κ2) is 6.27. The highest BCUT2D eigenvalue weighted by Crippen LogP contribution is 2.18. The maximum atomic E-state index is 12.4. The summed E-state index contributed by atoms with van der Waals surface area (Å²) in [6.45, 7) is 1.45. The van der Waals surface area contributed by atoms with Gasteiger partial charge in [0.15, 0.2) is 5.82 Å². The molecule has 1 aliphatic heterocycles. The number of amides is 1. The van der Waals surface area contributed by atoms with Crippen molar-refractivity contribution >= 4 is 17.4 Å². The number of nitrogens with one attached hydrogen (secondary N) is 1. The van der Waals surface area contributed by atoms with Crippen molar-refractivity contribution in [3.8, 4) is 0 Å². The minimum atomic E-state index is 0.166. The van der Waals surface area contributed by atoms with Crippen LogP contribution in [0, 0.1) is 0 Å². The van der Waals surface area contributed by atoms with Crippen molar-refractivity contribution in [3.63, 3.8) is 0 Å². The quantitative estimate of drug-likeness (QED) is 0.785. The van der Waals surface area contributed by atoms with Crippen LogP contribution < -0.4 is 5.32 Å². The first-order chi connectivity index (χ1) is 11.8. The van der Waals surface area contributed by atoms with Crippen LogP contribution in [0.25, 0.3) is 5.65 Å². The van der Waals surface area contributed by atoms with E-state index in [9.17, 15) is 4.79 Å². The van der Waals surface area contributed by atoms with Gasteiger partial charge >= 0.3 is 0 Å². The van der Waals surface area contributed by atoms with Gasteiger partial charge < -0.3 is 10.2 Å². The molecule has 1 fully saturated rings. The second-order valence-electron chi connectivity index (χ2n) is 5.97. The van der Waals surface area contributed by atoms with Crippen LogP contribution in [0.1, 0.15) is 12.0 Å². The number of hydrogen-bond donors (Lipinski definition) is 1. The third-order valence-corrected chi connectivity index (χ3v) is 4.30. The van der Waals surface area contributed by atoms with Gasteiger partial charge in [0.05, 0.1) is 6.42 Å². The van der Waals surface area contributed by atoms with E-state index in [0.29, 0.717) is 24.4 Å². The van der Waals surface area contributed by atoms with Gasteiger partial charge in [-0.05, 0) is 12.0 Å². The van der Waals surface area contributed by atoms with Crippen molar-refractivity contribution in [1.82, 2.24) is 24.5 Å². The molecule has 1 unspecified atom stereocenters. The highest BCUT2D eigenvalue weighted by atomic mass is 16.2. The molecule has 1 atom stereocenters. The predicted molar refractivity (Wildman–Crippen MR) is 89.5 cm³/mol. The molecule has 0 spiro atoms. The zero-order valence-corrected chi connectivity index (χ0v) is 13.2. The number of nitrogens with zero attached hydrogens (tertiary/aromatic N) is 5. The number of aromatic nitrogens is 4. The van der Waals surface area contributed by atoms with E-state index in [4.69, 9.17) is 0 Å². The van der Waals surface area contributed by atoms with E-state index >= 15 is 0 Å². The summed E-state index contributed by atoms with van der Waals surface area (Å²) in [4.78, 5) is 18.7. The molecule has 7 nitrogen and oxygen atoms in total. The summed E-state index contributed by atoms with van der Waals surface area (Å²) in [7, 11) is 0. The highest BCUT2D eigenvalue weighted by Gasteiger charge is 2.26. The third kappa shape index (κ3) is 2.92. The number of benzene rings is 1. The van der Waals surface area contributed by atoms with Crippen molar-refractivity contribution in [1.29, 1.82) is 0 Å². The number of rotatable bonds is 4. The van der Waals surface area contributed by atoms with Gasteiger partial charge in [-0.2, -0.15) is 0 Å². The summed E-state index contributed by atoms with van der Waals surface area (Å²) in [5, 5.41) is 11.4. The normalized spacial score (nSPS) is 17.3. The molecule has 0 radical (unpaired) electrons. The van der Waals surface area contributed by atoms with E-state index in [1.165, 1.54) is 0 Å². The van der Waals surface area contributed by atoms with Crippen LogP contribution >= 0.6 is 0 Å². The summed E-state index contributed by atoms with van der Waals surface area (Å²) < 4.78 is 1.82. The number of carbonyl (C=O) groups excluding carboxylic acids is 1. The van der Waals surface area contributed by atoms with Crippen LogP contribution in [0.2, 0.25) is 0 Å². The van der Waals surface area contributed by atoms with Gasteiger partial charge in [-0.1, -0.05) is 30.3 Å². The van der Waals surface area contributed by atoms with Crippen LogP contribution in [-0.4, -0.2) is 49.5 Å². The molecule has 24 heavy (non-hydrogen) atoms. The summed E-state index contributed by atoms with van der Waals surface area (Å²) in [6, 6.07) is 10.0. The summed E-state index contributed by atoms with van der Waals surface area (Å²) >= 11 is 0. The van der Waals surface area contributed by atoms with E-state index in [0.717, 1.165) is 18.5 Å². The fraction of sp³-hybridized carbons (Fsp3) is 0.294. The Bertz CT molecular complexity index is 846. The SMILES string of the molecule is O=C(Cc1ccccc1)N1CCC(Nc2nccn3cnnc23)C1. The highest BCUT2D eigenvalue weighted by molar-refractivity contribution is 5.79. The lowest BCUT2D eigenvalue weighted by atomic mass is 10.1. The van der Waals surface area contributed by atoms with E-state index in [1.54, 1.807) is 12.5 Å². The van der Waals surface area contributed by atoms with Gasteiger partial charge in [0, 0.05) is 31.5 Å². The first kappa shape index (κ1) is 14.6. The molecule has 1 amide bonds. The van der Waals surface area contributed by atoms with E-state index in [-0.39, 0.29) is 11.9 Å². The van der Waals surface area contributed by atoms with Crippen molar-refractivity contribution < 1.29 is 4.79 Å². The molecule has 3 heterocycles. The predicted octanol–water partition coefficient (Wildman–Crippen LogP) is 1.38. The van der Waals surface area contributed by atoms with Crippen LogP contribution in [0.3, 0.4) is 0 Å². The average Bonchev–Trinajstić information content (AvgIpc) is 3.25. The van der Waals surface area contributed by atoms with E-state index in [2.05, 4.69) is 20.5 Å².